The molecule has 1 fully saturated rings. The van der Waals surface area contributed by atoms with E-state index in [1.807, 2.05) is 29.4 Å². The van der Waals surface area contributed by atoms with Crippen molar-refractivity contribution >= 4 is 32.9 Å². The number of carbonyl (C=O) groups excluding carboxylic acids is 1. The van der Waals surface area contributed by atoms with Crippen molar-refractivity contribution < 1.29 is 4.79 Å². The third kappa shape index (κ3) is 2.14. The van der Waals surface area contributed by atoms with Crippen molar-refractivity contribution in [3.8, 4) is 0 Å². The molecule has 0 saturated carbocycles. The lowest BCUT2D eigenvalue weighted by Gasteiger charge is -2.15. The molecule has 3 heterocycles. The maximum absolute atomic E-state index is 11.7. The number of aromatic amines is 1. The summed E-state index contributed by atoms with van der Waals surface area (Å²) in [7, 11) is 0. The third-order valence-corrected chi connectivity index (χ3v) is 3.98. The Kier molecular flexibility index (Phi) is 3.07. The zero-order valence-electron chi connectivity index (χ0n) is 9.90. The van der Waals surface area contributed by atoms with Crippen molar-refractivity contribution in [2.75, 3.05) is 13.1 Å². The standard InChI is InChI=1S/C13H14BrN3O/c14-10-7-12(18)17(8-10)6-3-9-1-4-15-13-11(9)2-5-16-13/h1-2,4-5,10H,3,6-8H2,(H,15,16). The molecule has 0 spiro atoms. The van der Waals surface area contributed by atoms with E-state index in [4.69, 9.17) is 0 Å². The van der Waals surface area contributed by atoms with Gasteiger partial charge in [-0.15, -0.1) is 0 Å². The number of nitrogens with zero attached hydrogens (tertiary/aromatic N) is 2. The van der Waals surface area contributed by atoms with E-state index >= 15 is 0 Å². The van der Waals surface area contributed by atoms with Crippen LogP contribution in [0.2, 0.25) is 0 Å². The highest BCUT2D eigenvalue weighted by atomic mass is 79.9. The van der Waals surface area contributed by atoms with Crippen LogP contribution in [0.3, 0.4) is 0 Å². The summed E-state index contributed by atoms with van der Waals surface area (Å²) in [5.74, 6) is 0.247. The molecular weight excluding hydrogens is 294 g/mol. The number of hydrogen-bond acceptors (Lipinski definition) is 2. The summed E-state index contributed by atoms with van der Waals surface area (Å²) in [4.78, 5) is 21.3. The Labute approximate surface area is 114 Å². The number of halogens is 1. The Morgan fingerprint density at radius 3 is 3.17 bits per heavy atom. The largest absolute Gasteiger partial charge is 0.346 e. The molecule has 1 N–H and O–H groups in total. The van der Waals surface area contributed by atoms with E-state index in [9.17, 15) is 4.79 Å². The first kappa shape index (κ1) is 11.7. The van der Waals surface area contributed by atoms with Gasteiger partial charge in [0.15, 0.2) is 0 Å². The van der Waals surface area contributed by atoms with Crippen molar-refractivity contribution in [3.05, 3.63) is 30.1 Å². The fraction of sp³-hybridized carbons (Fsp3) is 0.385. The van der Waals surface area contributed by atoms with Gasteiger partial charge in [0.1, 0.15) is 5.65 Å². The van der Waals surface area contributed by atoms with E-state index in [1.165, 1.54) is 5.56 Å². The van der Waals surface area contributed by atoms with E-state index in [0.29, 0.717) is 11.2 Å². The van der Waals surface area contributed by atoms with Gasteiger partial charge in [0.2, 0.25) is 5.91 Å². The molecule has 3 rings (SSSR count). The topological polar surface area (TPSA) is 49.0 Å². The molecule has 94 valence electrons. The summed E-state index contributed by atoms with van der Waals surface area (Å²) in [6.45, 7) is 1.60. The highest BCUT2D eigenvalue weighted by Crippen LogP contribution is 2.20. The van der Waals surface area contributed by atoms with Crippen LogP contribution in [0, 0.1) is 0 Å². The van der Waals surface area contributed by atoms with Crippen molar-refractivity contribution in [2.24, 2.45) is 0 Å². The molecule has 1 unspecified atom stereocenters. The van der Waals surface area contributed by atoms with Crippen LogP contribution in [0.4, 0.5) is 0 Å². The summed E-state index contributed by atoms with van der Waals surface area (Å²) >= 11 is 3.50. The Morgan fingerprint density at radius 2 is 2.39 bits per heavy atom. The maximum Gasteiger partial charge on any atom is 0.223 e. The molecule has 0 aliphatic carbocycles. The van der Waals surface area contributed by atoms with Crippen LogP contribution in [0.25, 0.3) is 11.0 Å². The summed E-state index contributed by atoms with van der Waals surface area (Å²) in [5.41, 5.74) is 2.16. The second-order valence-electron chi connectivity index (χ2n) is 4.60. The monoisotopic (exact) mass is 307 g/mol. The zero-order chi connectivity index (χ0) is 12.5. The quantitative estimate of drug-likeness (QED) is 0.883. The zero-order valence-corrected chi connectivity index (χ0v) is 11.5. The van der Waals surface area contributed by atoms with E-state index in [2.05, 4.69) is 25.9 Å². The minimum absolute atomic E-state index is 0.247. The highest BCUT2D eigenvalue weighted by molar-refractivity contribution is 9.09. The Bertz CT molecular complexity index is 580. The average Bonchev–Trinajstić information content (AvgIpc) is 2.93. The summed E-state index contributed by atoms with van der Waals surface area (Å²) < 4.78 is 0. The Morgan fingerprint density at radius 1 is 1.50 bits per heavy atom. The number of nitrogens with one attached hydrogen (secondary N) is 1. The molecule has 1 aliphatic rings. The second-order valence-corrected chi connectivity index (χ2v) is 5.90. The summed E-state index contributed by atoms with van der Waals surface area (Å²) in [6.07, 6.45) is 5.21. The molecule has 2 aromatic heterocycles. The van der Waals surface area contributed by atoms with Crippen molar-refractivity contribution in [3.63, 3.8) is 0 Å². The van der Waals surface area contributed by atoms with Gasteiger partial charge in [-0.05, 0) is 24.1 Å². The molecule has 2 aromatic rings. The first-order valence-electron chi connectivity index (χ1n) is 6.07. The average molecular weight is 308 g/mol. The Balaban J connectivity index is 1.73. The fourth-order valence-corrected chi connectivity index (χ4v) is 3.06. The number of aromatic nitrogens is 2. The third-order valence-electron chi connectivity index (χ3n) is 3.37. The first-order chi connectivity index (χ1) is 8.74. The van der Waals surface area contributed by atoms with Gasteiger partial charge in [0, 0.05) is 42.1 Å². The van der Waals surface area contributed by atoms with E-state index < -0.39 is 0 Å². The number of alkyl halides is 1. The number of pyridine rings is 1. The number of hydrogen-bond donors (Lipinski definition) is 1. The number of carbonyl (C=O) groups is 1. The second kappa shape index (κ2) is 4.72. The van der Waals surface area contributed by atoms with Crippen LogP contribution >= 0.6 is 15.9 Å². The van der Waals surface area contributed by atoms with E-state index in [0.717, 1.165) is 30.5 Å². The van der Waals surface area contributed by atoms with Crippen LogP contribution in [0.1, 0.15) is 12.0 Å². The van der Waals surface area contributed by atoms with Gasteiger partial charge in [0.25, 0.3) is 0 Å². The lowest BCUT2D eigenvalue weighted by molar-refractivity contribution is -0.127. The Hall–Kier alpha value is -1.36. The van der Waals surface area contributed by atoms with Gasteiger partial charge in [-0.25, -0.2) is 4.98 Å². The molecule has 1 aliphatic heterocycles. The minimum Gasteiger partial charge on any atom is -0.346 e. The van der Waals surface area contributed by atoms with Crippen LogP contribution in [0.15, 0.2) is 24.5 Å². The van der Waals surface area contributed by atoms with E-state index in [-0.39, 0.29) is 5.91 Å². The molecule has 0 aromatic carbocycles. The van der Waals surface area contributed by atoms with Gasteiger partial charge in [-0.1, -0.05) is 15.9 Å². The smallest absolute Gasteiger partial charge is 0.223 e. The van der Waals surface area contributed by atoms with E-state index in [1.54, 1.807) is 0 Å². The van der Waals surface area contributed by atoms with Gasteiger partial charge in [-0.3, -0.25) is 4.79 Å². The number of H-pyrrole nitrogens is 1. The molecule has 1 saturated heterocycles. The predicted molar refractivity (Wildman–Crippen MR) is 73.7 cm³/mol. The fourth-order valence-electron chi connectivity index (χ4n) is 2.43. The highest BCUT2D eigenvalue weighted by Gasteiger charge is 2.27. The number of likely N-dealkylation sites (tertiary alicyclic amines) is 1. The molecule has 1 atom stereocenters. The van der Waals surface area contributed by atoms with Crippen molar-refractivity contribution in [2.45, 2.75) is 17.7 Å². The molecule has 4 nitrogen and oxygen atoms in total. The van der Waals surface area contributed by atoms with Crippen LogP contribution < -0.4 is 0 Å². The number of fused-ring (bicyclic) bond motifs is 1. The number of rotatable bonds is 3. The van der Waals surface area contributed by atoms with Gasteiger partial charge in [0.05, 0.1) is 0 Å². The molecule has 0 radical (unpaired) electrons. The van der Waals surface area contributed by atoms with Gasteiger partial charge >= 0.3 is 0 Å². The summed E-state index contributed by atoms with van der Waals surface area (Å²) in [6, 6.07) is 4.07. The molecule has 1 amide bonds. The van der Waals surface area contributed by atoms with Crippen molar-refractivity contribution in [1.82, 2.24) is 14.9 Å². The maximum atomic E-state index is 11.7. The molecule has 18 heavy (non-hydrogen) atoms. The van der Waals surface area contributed by atoms with Crippen molar-refractivity contribution in [1.29, 1.82) is 0 Å². The molecule has 5 heteroatoms. The minimum atomic E-state index is 0.247. The van der Waals surface area contributed by atoms with Crippen LogP contribution in [0.5, 0.6) is 0 Å². The summed E-state index contributed by atoms with van der Waals surface area (Å²) in [5, 5.41) is 1.15. The number of amides is 1. The van der Waals surface area contributed by atoms with Gasteiger partial charge < -0.3 is 9.88 Å². The lowest BCUT2D eigenvalue weighted by Crippen LogP contribution is -2.27. The molecular formula is C13H14BrN3O. The lowest BCUT2D eigenvalue weighted by atomic mass is 10.1. The predicted octanol–water partition coefficient (Wildman–Crippen LogP) is 2.10. The van der Waals surface area contributed by atoms with Crippen LogP contribution in [-0.2, 0) is 11.2 Å². The first-order valence-corrected chi connectivity index (χ1v) is 6.98. The normalized spacial score (nSPS) is 19.9. The van der Waals surface area contributed by atoms with Crippen LogP contribution in [-0.4, -0.2) is 38.7 Å². The SMILES string of the molecule is O=C1CC(Br)CN1CCc1ccnc2[nH]ccc12. The molecule has 0 bridgehead atoms. The van der Waals surface area contributed by atoms with Gasteiger partial charge in [-0.2, -0.15) is 0 Å².